The molecular weight excluding hydrogens is 367 g/mol. The number of benzene rings is 1. The third-order valence-electron chi connectivity index (χ3n) is 2.46. The molecule has 18 heavy (non-hydrogen) atoms. The summed E-state index contributed by atoms with van der Waals surface area (Å²) in [5.41, 5.74) is 1.91. The van der Waals surface area contributed by atoms with E-state index in [4.69, 9.17) is 8.92 Å². The summed E-state index contributed by atoms with van der Waals surface area (Å²) >= 11 is 2.16. The van der Waals surface area contributed by atoms with Crippen molar-refractivity contribution in [3.63, 3.8) is 0 Å². The summed E-state index contributed by atoms with van der Waals surface area (Å²) in [6.07, 6.45) is 1.05. The molecule has 1 aromatic carbocycles. The first-order valence-corrected chi connectivity index (χ1v) is 8.35. The van der Waals surface area contributed by atoms with Crippen LogP contribution in [0.5, 0.6) is 5.75 Å². The minimum atomic E-state index is -3.43. The van der Waals surface area contributed by atoms with Crippen molar-refractivity contribution in [2.75, 3.05) is 13.4 Å². The smallest absolute Gasteiger partial charge is 0.264 e. The molecule has 0 amide bonds. The second-order valence-corrected chi connectivity index (χ2v) is 7.11. The third kappa shape index (κ3) is 4.40. The van der Waals surface area contributed by atoms with Gasteiger partial charge in [0.15, 0.2) is 0 Å². The van der Waals surface area contributed by atoms with E-state index in [1.807, 2.05) is 26.0 Å². The predicted octanol–water partition coefficient (Wildman–Crippen LogP) is 2.90. The summed E-state index contributed by atoms with van der Waals surface area (Å²) < 4.78 is 33.2. The lowest BCUT2D eigenvalue weighted by atomic mass is 9.97. The average molecular weight is 384 g/mol. The molecule has 0 unspecified atom stereocenters. The van der Waals surface area contributed by atoms with E-state index in [2.05, 4.69) is 22.6 Å². The van der Waals surface area contributed by atoms with E-state index in [9.17, 15) is 8.42 Å². The molecule has 0 aliphatic rings. The number of ether oxygens (including phenoxy) is 1. The van der Waals surface area contributed by atoms with Gasteiger partial charge in [0.2, 0.25) is 0 Å². The molecule has 0 aromatic heterocycles. The molecule has 0 fully saturated rings. The quantitative estimate of drug-likeness (QED) is 0.579. The second-order valence-electron chi connectivity index (χ2n) is 4.31. The lowest BCUT2D eigenvalue weighted by molar-refractivity contribution is 0.309. The van der Waals surface area contributed by atoms with Gasteiger partial charge in [-0.3, -0.25) is 4.18 Å². The van der Waals surface area contributed by atoms with E-state index in [-0.39, 0.29) is 12.5 Å². The summed E-state index contributed by atoms with van der Waals surface area (Å²) in [4.78, 5) is 0. The zero-order chi connectivity index (χ0) is 13.9. The van der Waals surface area contributed by atoms with Gasteiger partial charge < -0.3 is 4.74 Å². The molecule has 0 atom stereocenters. The zero-order valence-corrected chi connectivity index (χ0v) is 13.8. The van der Waals surface area contributed by atoms with Crippen molar-refractivity contribution in [1.29, 1.82) is 0 Å². The molecule has 0 aliphatic heterocycles. The molecule has 0 bridgehead atoms. The highest BCUT2D eigenvalue weighted by Crippen LogP contribution is 2.30. The third-order valence-corrected chi connectivity index (χ3v) is 3.85. The molecule has 0 aliphatic carbocycles. The van der Waals surface area contributed by atoms with Gasteiger partial charge in [0.1, 0.15) is 5.75 Å². The first-order chi connectivity index (χ1) is 8.24. The van der Waals surface area contributed by atoms with Gasteiger partial charge in [0.05, 0.1) is 23.5 Å². The van der Waals surface area contributed by atoms with E-state index in [1.54, 1.807) is 7.11 Å². The molecule has 0 N–H and O–H groups in total. The molecule has 0 saturated heterocycles. The van der Waals surface area contributed by atoms with E-state index < -0.39 is 10.1 Å². The van der Waals surface area contributed by atoms with Gasteiger partial charge in [-0.1, -0.05) is 13.8 Å². The molecule has 0 heterocycles. The Morgan fingerprint density at radius 1 is 1.33 bits per heavy atom. The first kappa shape index (κ1) is 15.7. The van der Waals surface area contributed by atoms with Crippen LogP contribution in [0.3, 0.4) is 0 Å². The Hall–Kier alpha value is -0.340. The van der Waals surface area contributed by atoms with Crippen LogP contribution in [0.1, 0.15) is 30.9 Å². The maximum Gasteiger partial charge on any atom is 0.264 e. The molecule has 0 radical (unpaired) electrons. The average Bonchev–Trinajstić information content (AvgIpc) is 2.25. The summed E-state index contributed by atoms with van der Waals surface area (Å²) in [7, 11) is -1.81. The Morgan fingerprint density at radius 3 is 2.39 bits per heavy atom. The van der Waals surface area contributed by atoms with Crippen molar-refractivity contribution in [3.05, 3.63) is 26.8 Å². The van der Waals surface area contributed by atoms with Crippen LogP contribution in [0.2, 0.25) is 0 Å². The maximum atomic E-state index is 11.0. The highest BCUT2D eigenvalue weighted by atomic mass is 127. The van der Waals surface area contributed by atoms with Crippen molar-refractivity contribution < 1.29 is 17.3 Å². The van der Waals surface area contributed by atoms with Crippen LogP contribution < -0.4 is 4.74 Å². The Kier molecular flexibility index (Phi) is 5.42. The molecule has 4 nitrogen and oxygen atoms in total. The lowest BCUT2D eigenvalue weighted by Crippen LogP contribution is -2.06. The fourth-order valence-electron chi connectivity index (χ4n) is 1.60. The Labute approximate surface area is 122 Å². The van der Waals surface area contributed by atoms with Crippen LogP contribution in [-0.2, 0) is 20.9 Å². The lowest BCUT2D eigenvalue weighted by Gasteiger charge is -2.15. The number of hydrogen-bond donors (Lipinski definition) is 0. The van der Waals surface area contributed by atoms with Gasteiger partial charge in [0.25, 0.3) is 10.1 Å². The fraction of sp³-hybridized carbons (Fsp3) is 0.500. The summed E-state index contributed by atoms with van der Waals surface area (Å²) in [5.74, 6) is 1.07. The van der Waals surface area contributed by atoms with E-state index in [1.165, 1.54) is 0 Å². The number of methoxy groups -OCH3 is 1. The highest BCUT2D eigenvalue weighted by molar-refractivity contribution is 14.1. The van der Waals surface area contributed by atoms with E-state index >= 15 is 0 Å². The standard InChI is InChI=1S/C12H17IO4S/c1-8(2)10-6-12(16-3)11(13)5-9(10)7-17-18(4,14)15/h5-6,8H,7H2,1-4H3. The maximum absolute atomic E-state index is 11.0. The van der Waals surface area contributed by atoms with Crippen LogP contribution in [0, 0.1) is 3.57 Å². The van der Waals surface area contributed by atoms with Crippen molar-refractivity contribution in [3.8, 4) is 5.75 Å². The SMILES string of the molecule is COc1cc(C(C)C)c(COS(C)(=O)=O)cc1I. The molecule has 102 valence electrons. The number of rotatable bonds is 5. The largest absolute Gasteiger partial charge is 0.496 e. The van der Waals surface area contributed by atoms with Gasteiger partial charge >= 0.3 is 0 Å². The summed E-state index contributed by atoms with van der Waals surface area (Å²) in [6, 6.07) is 3.84. The van der Waals surface area contributed by atoms with E-state index in [0.717, 1.165) is 26.7 Å². The van der Waals surface area contributed by atoms with Gasteiger partial charge in [0, 0.05) is 0 Å². The first-order valence-electron chi connectivity index (χ1n) is 5.45. The minimum Gasteiger partial charge on any atom is -0.496 e. The van der Waals surface area contributed by atoms with Crippen LogP contribution in [0.4, 0.5) is 0 Å². The second kappa shape index (κ2) is 6.21. The Balaban J connectivity index is 3.13. The summed E-state index contributed by atoms with van der Waals surface area (Å²) in [6.45, 7) is 4.16. The predicted molar refractivity (Wildman–Crippen MR) is 79.4 cm³/mol. The van der Waals surface area contributed by atoms with Crippen molar-refractivity contribution >= 4 is 32.7 Å². The van der Waals surface area contributed by atoms with E-state index in [0.29, 0.717) is 0 Å². The van der Waals surface area contributed by atoms with Gasteiger partial charge in [-0.05, 0) is 51.8 Å². The molecule has 0 saturated carbocycles. The fourth-order valence-corrected chi connectivity index (χ4v) is 2.69. The molecule has 1 rings (SSSR count). The minimum absolute atomic E-state index is 0.0618. The van der Waals surface area contributed by atoms with Crippen molar-refractivity contribution in [2.45, 2.75) is 26.4 Å². The van der Waals surface area contributed by atoms with Crippen LogP contribution in [0.25, 0.3) is 0 Å². The van der Waals surface area contributed by atoms with Crippen LogP contribution in [-0.4, -0.2) is 21.8 Å². The van der Waals surface area contributed by atoms with Gasteiger partial charge in [-0.25, -0.2) is 0 Å². The topological polar surface area (TPSA) is 52.6 Å². The normalized spacial score (nSPS) is 11.9. The summed E-state index contributed by atoms with van der Waals surface area (Å²) in [5, 5.41) is 0. The Morgan fingerprint density at radius 2 is 1.94 bits per heavy atom. The molecule has 6 heteroatoms. The molecular formula is C12H17IO4S. The van der Waals surface area contributed by atoms with Gasteiger partial charge in [-0.15, -0.1) is 0 Å². The highest BCUT2D eigenvalue weighted by Gasteiger charge is 2.13. The van der Waals surface area contributed by atoms with Crippen molar-refractivity contribution in [1.82, 2.24) is 0 Å². The van der Waals surface area contributed by atoms with Crippen LogP contribution in [0.15, 0.2) is 12.1 Å². The van der Waals surface area contributed by atoms with Crippen molar-refractivity contribution in [2.24, 2.45) is 0 Å². The molecule has 1 aromatic rings. The molecule has 0 spiro atoms. The van der Waals surface area contributed by atoms with Crippen LogP contribution >= 0.6 is 22.6 Å². The monoisotopic (exact) mass is 384 g/mol. The van der Waals surface area contributed by atoms with Gasteiger partial charge in [-0.2, -0.15) is 8.42 Å². The number of hydrogen-bond acceptors (Lipinski definition) is 4. The zero-order valence-electron chi connectivity index (χ0n) is 10.9. The number of halogens is 1. The Bertz CT molecular complexity index is 523.